The maximum atomic E-state index is 12.8. The summed E-state index contributed by atoms with van der Waals surface area (Å²) in [6, 6.07) is 6.02. The summed E-state index contributed by atoms with van der Waals surface area (Å²) < 4.78 is 17.3. The van der Waals surface area contributed by atoms with Crippen LogP contribution in [-0.2, 0) is 27.4 Å². The Morgan fingerprint density at radius 3 is 2.47 bits per heavy atom. The minimum atomic E-state index is -0.539. The third-order valence-corrected chi connectivity index (χ3v) is 6.08. The van der Waals surface area contributed by atoms with E-state index >= 15 is 0 Å². The van der Waals surface area contributed by atoms with Gasteiger partial charge in [-0.15, -0.1) is 0 Å². The summed E-state index contributed by atoms with van der Waals surface area (Å²) >= 11 is 0. The summed E-state index contributed by atoms with van der Waals surface area (Å²) in [4.78, 5) is 30.0. The van der Waals surface area contributed by atoms with Gasteiger partial charge in [-0.2, -0.15) is 0 Å². The summed E-state index contributed by atoms with van der Waals surface area (Å²) in [5.74, 6) is 0.363. The third-order valence-electron chi connectivity index (χ3n) is 6.08. The number of ether oxygens (including phenoxy) is 3. The number of pyridine rings is 1. The molecule has 0 aliphatic heterocycles. The van der Waals surface area contributed by atoms with Crippen LogP contribution in [0.2, 0.25) is 0 Å². The van der Waals surface area contributed by atoms with Gasteiger partial charge in [-0.1, -0.05) is 19.9 Å². The molecule has 0 atom stereocenters. The lowest BCUT2D eigenvalue weighted by atomic mass is 10.0. The van der Waals surface area contributed by atoms with E-state index in [2.05, 4.69) is 35.5 Å². The number of hydrogen-bond acceptors (Lipinski definition) is 7. The van der Waals surface area contributed by atoms with Gasteiger partial charge >= 0.3 is 5.97 Å². The summed E-state index contributed by atoms with van der Waals surface area (Å²) in [7, 11) is 4.44. The van der Waals surface area contributed by atoms with E-state index in [0.29, 0.717) is 35.7 Å². The van der Waals surface area contributed by atoms with Crippen molar-refractivity contribution in [1.82, 2.24) is 9.55 Å². The van der Waals surface area contributed by atoms with Crippen molar-refractivity contribution in [2.75, 3.05) is 38.6 Å². The van der Waals surface area contributed by atoms with E-state index in [9.17, 15) is 9.59 Å². The van der Waals surface area contributed by atoms with Gasteiger partial charge in [0, 0.05) is 25.6 Å². The van der Waals surface area contributed by atoms with Crippen LogP contribution < -0.4 is 15.4 Å². The molecular formula is C27H36N4O5. The monoisotopic (exact) mass is 496 g/mol. The predicted molar refractivity (Wildman–Crippen MR) is 141 cm³/mol. The molecule has 0 saturated carbocycles. The molecule has 0 spiro atoms. The van der Waals surface area contributed by atoms with Gasteiger partial charge in [0.1, 0.15) is 18.0 Å². The Bertz CT molecular complexity index is 1250. The van der Waals surface area contributed by atoms with Gasteiger partial charge in [0.25, 0.3) is 0 Å². The average molecular weight is 497 g/mol. The minimum absolute atomic E-state index is 0.138. The van der Waals surface area contributed by atoms with Gasteiger partial charge in [0.15, 0.2) is 5.69 Å². The molecule has 3 aromatic rings. The highest BCUT2D eigenvalue weighted by atomic mass is 16.5. The number of amides is 1. The van der Waals surface area contributed by atoms with Gasteiger partial charge in [0.05, 0.1) is 31.8 Å². The number of carbonyl (C=O) groups excluding carboxylic acids is 2. The number of fused-ring (bicyclic) bond motifs is 1. The maximum absolute atomic E-state index is 12.8. The molecular weight excluding hydrogens is 460 g/mol. The number of hydrogen-bond donors (Lipinski definition) is 2. The number of nitrogens with zero attached hydrogens (tertiary/aromatic N) is 2. The first-order chi connectivity index (χ1) is 17.2. The number of anilines is 2. The zero-order chi connectivity index (χ0) is 26.4. The van der Waals surface area contributed by atoms with Crippen LogP contribution >= 0.6 is 0 Å². The van der Waals surface area contributed by atoms with Crippen LogP contribution in [0, 0.1) is 19.8 Å². The quantitative estimate of drug-likeness (QED) is 0.371. The molecule has 2 aromatic heterocycles. The summed E-state index contributed by atoms with van der Waals surface area (Å²) in [5, 5.41) is 6.91. The Morgan fingerprint density at radius 1 is 1.08 bits per heavy atom. The second-order valence-corrected chi connectivity index (χ2v) is 9.23. The fraction of sp³-hybridized carbons (Fsp3) is 0.444. The molecule has 0 radical (unpaired) electrons. The molecule has 2 N–H and O–H groups in total. The van der Waals surface area contributed by atoms with Crippen molar-refractivity contribution >= 4 is 34.3 Å². The Balaban J connectivity index is 2.05. The van der Waals surface area contributed by atoms with Crippen molar-refractivity contribution in [3.8, 4) is 5.75 Å². The van der Waals surface area contributed by atoms with E-state index in [4.69, 9.17) is 14.2 Å². The fourth-order valence-electron chi connectivity index (χ4n) is 4.13. The lowest BCUT2D eigenvalue weighted by molar-refractivity contribution is -0.119. The maximum Gasteiger partial charge on any atom is 0.356 e. The lowest BCUT2D eigenvalue weighted by Crippen LogP contribution is -2.20. The smallest absolute Gasteiger partial charge is 0.356 e. The Morgan fingerprint density at radius 2 is 1.83 bits per heavy atom. The first-order valence-electron chi connectivity index (χ1n) is 12.0. The Hall–Kier alpha value is -3.59. The molecule has 0 unspecified atom stereocenters. The molecule has 0 aliphatic rings. The van der Waals surface area contributed by atoms with Crippen LogP contribution in [0.1, 0.15) is 47.4 Å². The number of aryl methyl sites for hydroxylation is 3. The van der Waals surface area contributed by atoms with Crippen LogP contribution in [0.4, 0.5) is 11.4 Å². The fourth-order valence-corrected chi connectivity index (χ4v) is 4.13. The third kappa shape index (κ3) is 5.96. The summed E-state index contributed by atoms with van der Waals surface area (Å²) in [6.45, 7) is 9.28. The highest BCUT2D eigenvalue weighted by molar-refractivity contribution is 6.11. The number of aromatic nitrogens is 2. The van der Waals surface area contributed by atoms with Crippen LogP contribution in [0.25, 0.3) is 11.0 Å². The molecule has 0 bridgehead atoms. The first-order valence-corrected chi connectivity index (χ1v) is 12.0. The van der Waals surface area contributed by atoms with Crippen molar-refractivity contribution in [2.45, 2.75) is 47.2 Å². The number of nitrogens with one attached hydrogen (secondary N) is 2. The van der Waals surface area contributed by atoms with Crippen LogP contribution in [0.3, 0.4) is 0 Å². The van der Waals surface area contributed by atoms with E-state index < -0.39 is 5.97 Å². The Kier molecular flexibility index (Phi) is 8.93. The molecule has 194 valence electrons. The van der Waals surface area contributed by atoms with E-state index in [1.54, 1.807) is 13.3 Å². The second kappa shape index (κ2) is 11.9. The van der Waals surface area contributed by atoms with Crippen LogP contribution in [0.15, 0.2) is 24.4 Å². The SMILES string of the molecule is COCC(=O)Nc1c(C(=O)OC)n(CCC(C)C)c2ncc(NCc3cc(C)c(OC)cc3C)cc12. The van der Waals surface area contributed by atoms with Crippen LogP contribution in [-0.4, -0.2) is 49.4 Å². The first kappa shape index (κ1) is 27.0. The molecule has 1 amide bonds. The van der Waals surface area contributed by atoms with Crippen molar-refractivity contribution in [3.63, 3.8) is 0 Å². The molecule has 0 aliphatic carbocycles. The largest absolute Gasteiger partial charge is 0.496 e. The molecule has 0 fully saturated rings. The molecule has 2 heterocycles. The summed E-state index contributed by atoms with van der Waals surface area (Å²) in [6.07, 6.45) is 2.57. The average Bonchev–Trinajstić information content (AvgIpc) is 3.14. The number of carbonyl (C=O) groups is 2. The molecule has 36 heavy (non-hydrogen) atoms. The number of esters is 1. The van der Waals surface area contributed by atoms with Gasteiger partial charge in [-0.3, -0.25) is 4.79 Å². The summed E-state index contributed by atoms with van der Waals surface area (Å²) in [5.41, 5.74) is 5.30. The Labute approximate surface area is 212 Å². The van der Waals surface area contributed by atoms with Crippen LogP contribution in [0.5, 0.6) is 5.75 Å². The van der Waals surface area contributed by atoms with Crippen molar-refractivity contribution in [3.05, 3.63) is 46.8 Å². The standard InChI is InChI=1S/C27H36N4O5/c1-16(2)8-9-31-25(27(33)36-7)24(30-23(32)15-34-5)21-12-20(14-29-26(21)31)28-13-19-10-18(4)22(35-6)11-17(19)3/h10-12,14,16,28H,8-9,13,15H2,1-7H3,(H,30,32). The van der Waals surface area contributed by atoms with E-state index in [-0.39, 0.29) is 18.2 Å². The normalized spacial score (nSPS) is 11.1. The van der Waals surface area contributed by atoms with Gasteiger partial charge in [-0.25, -0.2) is 9.78 Å². The van der Waals surface area contributed by atoms with E-state index in [1.807, 2.05) is 30.5 Å². The molecule has 3 rings (SSSR count). The van der Waals surface area contributed by atoms with Crippen molar-refractivity contribution in [2.24, 2.45) is 5.92 Å². The van der Waals surface area contributed by atoms with E-state index in [1.165, 1.54) is 14.2 Å². The molecule has 9 nitrogen and oxygen atoms in total. The number of rotatable bonds is 11. The zero-order valence-electron chi connectivity index (χ0n) is 22.2. The minimum Gasteiger partial charge on any atom is -0.496 e. The topological polar surface area (TPSA) is 104 Å². The number of methoxy groups -OCH3 is 3. The molecule has 1 aromatic carbocycles. The zero-order valence-corrected chi connectivity index (χ0v) is 22.2. The van der Waals surface area contributed by atoms with Crippen molar-refractivity contribution < 1.29 is 23.8 Å². The second-order valence-electron chi connectivity index (χ2n) is 9.23. The predicted octanol–water partition coefficient (Wildman–Crippen LogP) is 4.69. The highest BCUT2D eigenvalue weighted by Gasteiger charge is 2.26. The molecule has 0 saturated heterocycles. The number of benzene rings is 1. The van der Waals surface area contributed by atoms with E-state index in [0.717, 1.165) is 34.5 Å². The van der Waals surface area contributed by atoms with Crippen molar-refractivity contribution in [1.29, 1.82) is 0 Å². The van der Waals surface area contributed by atoms with Gasteiger partial charge < -0.3 is 29.4 Å². The van der Waals surface area contributed by atoms with Gasteiger partial charge in [-0.05, 0) is 55.0 Å². The van der Waals surface area contributed by atoms with Gasteiger partial charge in [0.2, 0.25) is 5.91 Å². The highest BCUT2D eigenvalue weighted by Crippen LogP contribution is 2.33. The lowest BCUT2D eigenvalue weighted by Gasteiger charge is -2.13. The molecule has 9 heteroatoms.